The second-order valence-corrected chi connectivity index (χ2v) is 8.80. The fourth-order valence-corrected chi connectivity index (χ4v) is 5.11. The molecule has 0 saturated heterocycles. The SMILES string of the molecule is C=CCOC(=O)c1sc(N2C(=O)c3oc4ccccc4c(=O)c3[C@H]2c2cccc(OC)c2)nc1C. The lowest BCUT2D eigenvalue weighted by Crippen LogP contribution is -2.29. The molecule has 0 radical (unpaired) electrons. The Labute approximate surface area is 204 Å². The molecule has 0 spiro atoms. The third kappa shape index (κ3) is 3.70. The van der Waals surface area contributed by atoms with Crippen LogP contribution in [0.3, 0.4) is 0 Å². The topological polar surface area (TPSA) is 98.9 Å². The van der Waals surface area contributed by atoms with Crippen molar-refractivity contribution < 1.29 is 23.5 Å². The van der Waals surface area contributed by atoms with Gasteiger partial charge in [0.25, 0.3) is 5.91 Å². The van der Waals surface area contributed by atoms with Gasteiger partial charge >= 0.3 is 5.97 Å². The molecule has 2 aromatic carbocycles. The zero-order chi connectivity index (χ0) is 24.7. The van der Waals surface area contributed by atoms with E-state index in [9.17, 15) is 14.4 Å². The molecule has 1 aliphatic heterocycles. The average molecular weight is 489 g/mol. The fourth-order valence-electron chi connectivity index (χ4n) is 4.12. The predicted molar refractivity (Wildman–Crippen MR) is 131 cm³/mol. The number of amides is 1. The van der Waals surface area contributed by atoms with Crippen LogP contribution in [-0.4, -0.2) is 30.6 Å². The van der Waals surface area contributed by atoms with Gasteiger partial charge in [-0.1, -0.05) is 48.3 Å². The van der Waals surface area contributed by atoms with E-state index in [0.29, 0.717) is 28.0 Å². The first-order chi connectivity index (χ1) is 16.9. The normalized spacial score (nSPS) is 14.7. The van der Waals surface area contributed by atoms with Crippen LogP contribution in [0, 0.1) is 6.92 Å². The second kappa shape index (κ2) is 8.84. The summed E-state index contributed by atoms with van der Waals surface area (Å²) in [5, 5.41) is 0.624. The van der Waals surface area contributed by atoms with Crippen LogP contribution in [0.25, 0.3) is 11.0 Å². The van der Waals surface area contributed by atoms with Crippen LogP contribution < -0.4 is 15.1 Å². The Balaban J connectivity index is 1.72. The lowest BCUT2D eigenvalue weighted by atomic mass is 9.98. The number of carbonyl (C=O) groups is 2. The number of carbonyl (C=O) groups excluding carboxylic acids is 2. The number of nitrogens with zero attached hydrogens (tertiary/aromatic N) is 2. The number of para-hydroxylation sites is 1. The van der Waals surface area contributed by atoms with Gasteiger partial charge in [0.2, 0.25) is 5.76 Å². The van der Waals surface area contributed by atoms with Crippen LogP contribution in [0.2, 0.25) is 0 Å². The summed E-state index contributed by atoms with van der Waals surface area (Å²) < 4.78 is 16.5. The van der Waals surface area contributed by atoms with Gasteiger partial charge in [-0.15, -0.1) is 0 Å². The minimum absolute atomic E-state index is 0.0508. The number of rotatable bonds is 6. The number of anilines is 1. The smallest absolute Gasteiger partial charge is 0.350 e. The van der Waals surface area contributed by atoms with Crippen LogP contribution in [0.4, 0.5) is 5.13 Å². The van der Waals surface area contributed by atoms with Gasteiger partial charge in [0.15, 0.2) is 10.6 Å². The number of ether oxygens (including phenoxy) is 2. The number of methoxy groups -OCH3 is 1. The Hall–Kier alpha value is -4.24. The molecule has 0 aliphatic carbocycles. The van der Waals surface area contributed by atoms with Crippen molar-refractivity contribution in [1.82, 2.24) is 4.98 Å². The first kappa shape index (κ1) is 22.5. The zero-order valence-corrected chi connectivity index (χ0v) is 19.8. The number of esters is 1. The van der Waals surface area contributed by atoms with Crippen molar-refractivity contribution in [1.29, 1.82) is 0 Å². The summed E-state index contributed by atoms with van der Waals surface area (Å²) in [7, 11) is 1.54. The summed E-state index contributed by atoms with van der Waals surface area (Å²) in [6, 6.07) is 13.1. The van der Waals surface area contributed by atoms with E-state index in [2.05, 4.69) is 11.6 Å². The molecule has 5 rings (SSSR count). The molecule has 8 nitrogen and oxygen atoms in total. The molecular formula is C26H20N2O6S. The summed E-state index contributed by atoms with van der Waals surface area (Å²) in [6.07, 6.45) is 1.47. The van der Waals surface area contributed by atoms with Gasteiger partial charge in [-0.2, -0.15) is 0 Å². The van der Waals surface area contributed by atoms with E-state index in [0.717, 1.165) is 11.3 Å². The van der Waals surface area contributed by atoms with Crippen LogP contribution in [-0.2, 0) is 4.74 Å². The van der Waals surface area contributed by atoms with Crippen LogP contribution >= 0.6 is 11.3 Å². The van der Waals surface area contributed by atoms with Crippen molar-refractivity contribution in [3.8, 4) is 5.75 Å². The zero-order valence-electron chi connectivity index (χ0n) is 18.9. The summed E-state index contributed by atoms with van der Waals surface area (Å²) in [4.78, 5) is 46.0. The Morgan fingerprint density at radius 2 is 2.03 bits per heavy atom. The number of benzene rings is 2. The molecule has 1 amide bonds. The molecular weight excluding hydrogens is 468 g/mol. The van der Waals surface area contributed by atoms with Crippen LogP contribution in [0.5, 0.6) is 5.75 Å². The van der Waals surface area contributed by atoms with Gasteiger partial charge < -0.3 is 13.9 Å². The van der Waals surface area contributed by atoms with Gasteiger partial charge in [0.05, 0.1) is 29.8 Å². The van der Waals surface area contributed by atoms with Gasteiger partial charge in [-0.3, -0.25) is 14.5 Å². The molecule has 1 aliphatic rings. The lowest BCUT2D eigenvalue weighted by molar-refractivity contribution is 0.0554. The molecule has 0 N–H and O–H groups in total. The van der Waals surface area contributed by atoms with Crippen molar-refractivity contribution in [3.05, 3.63) is 98.9 Å². The molecule has 35 heavy (non-hydrogen) atoms. The number of thiazole rings is 1. The minimum Gasteiger partial charge on any atom is -0.497 e. The molecule has 2 aromatic heterocycles. The Morgan fingerprint density at radius 3 is 2.80 bits per heavy atom. The molecule has 1 atom stereocenters. The summed E-state index contributed by atoms with van der Waals surface area (Å²) in [5.41, 5.74) is 1.29. The Bertz CT molecular complexity index is 1550. The second-order valence-electron chi connectivity index (χ2n) is 7.82. The number of hydrogen-bond acceptors (Lipinski definition) is 8. The average Bonchev–Trinajstić information content (AvgIpc) is 3.40. The monoisotopic (exact) mass is 488 g/mol. The third-order valence-corrected chi connectivity index (χ3v) is 6.83. The third-order valence-electron chi connectivity index (χ3n) is 5.70. The van der Waals surface area contributed by atoms with E-state index >= 15 is 0 Å². The van der Waals surface area contributed by atoms with E-state index in [1.165, 1.54) is 18.1 Å². The molecule has 0 unspecified atom stereocenters. The predicted octanol–water partition coefficient (Wildman–Crippen LogP) is 4.66. The van der Waals surface area contributed by atoms with Gasteiger partial charge in [0.1, 0.15) is 22.8 Å². The first-order valence-corrected chi connectivity index (χ1v) is 11.5. The molecule has 9 heteroatoms. The highest BCUT2D eigenvalue weighted by molar-refractivity contribution is 7.17. The number of fused-ring (bicyclic) bond motifs is 2. The van der Waals surface area contributed by atoms with Crippen molar-refractivity contribution in [2.24, 2.45) is 0 Å². The standard InChI is InChI=1S/C26H20N2O6S/c1-4-12-33-25(31)23-14(2)27-26(35-23)28-20(15-8-7-9-16(13-15)32-3)19-21(29)17-10-5-6-11-18(17)34-22(19)24(28)30/h4-11,13,20H,1,12H2,2-3H3/t20-/m1/s1. The summed E-state index contributed by atoms with van der Waals surface area (Å²) >= 11 is 1.02. The van der Waals surface area contributed by atoms with E-state index in [4.69, 9.17) is 13.9 Å². The molecule has 0 saturated carbocycles. The summed E-state index contributed by atoms with van der Waals surface area (Å²) in [5.74, 6) is -0.564. The highest BCUT2D eigenvalue weighted by atomic mass is 32.1. The number of aryl methyl sites for hydroxylation is 1. The molecule has 0 bridgehead atoms. The minimum atomic E-state index is -0.823. The molecule has 176 valence electrons. The molecule has 4 aromatic rings. The maximum atomic E-state index is 13.7. The van der Waals surface area contributed by atoms with E-state index < -0.39 is 17.9 Å². The van der Waals surface area contributed by atoms with Crippen molar-refractivity contribution in [3.63, 3.8) is 0 Å². The van der Waals surface area contributed by atoms with Gasteiger partial charge in [-0.25, -0.2) is 9.78 Å². The highest BCUT2D eigenvalue weighted by Crippen LogP contribution is 2.43. The van der Waals surface area contributed by atoms with E-state index in [1.54, 1.807) is 55.5 Å². The summed E-state index contributed by atoms with van der Waals surface area (Å²) in [6.45, 7) is 5.26. The molecule has 3 heterocycles. The number of aromatic nitrogens is 1. The first-order valence-electron chi connectivity index (χ1n) is 10.7. The quantitative estimate of drug-likeness (QED) is 0.288. The largest absolute Gasteiger partial charge is 0.497 e. The van der Waals surface area contributed by atoms with Crippen molar-refractivity contribution in [2.75, 3.05) is 18.6 Å². The van der Waals surface area contributed by atoms with Gasteiger partial charge in [0, 0.05) is 0 Å². The molecule has 0 fully saturated rings. The Morgan fingerprint density at radius 1 is 1.23 bits per heavy atom. The van der Waals surface area contributed by atoms with Crippen molar-refractivity contribution >= 4 is 39.3 Å². The number of hydrogen-bond donors (Lipinski definition) is 0. The lowest BCUT2D eigenvalue weighted by Gasteiger charge is -2.22. The maximum absolute atomic E-state index is 13.7. The van der Waals surface area contributed by atoms with Crippen LogP contribution in [0.15, 0.2) is 70.4 Å². The van der Waals surface area contributed by atoms with Gasteiger partial charge in [-0.05, 0) is 36.8 Å². The maximum Gasteiger partial charge on any atom is 0.350 e. The highest BCUT2D eigenvalue weighted by Gasteiger charge is 2.45. The van der Waals surface area contributed by atoms with Crippen LogP contribution in [0.1, 0.15) is 43.1 Å². The fraction of sp³-hybridized carbons (Fsp3) is 0.154. The van der Waals surface area contributed by atoms with E-state index in [-0.39, 0.29) is 33.4 Å². The Kier molecular flexibility index (Phi) is 5.70. The van der Waals surface area contributed by atoms with E-state index in [1.807, 2.05) is 0 Å². The van der Waals surface area contributed by atoms with Crippen molar-refractivity contribution in [2.45, 2.75) is 13.0 Å².